The summed E-state index contributed by atoms with van der Waals surface area (Å²) in [5.41, 5.74) is 0.806. The van der Waals surface area contributed by atoms with Crippen molar-refractivity contribution in [2.75, 3.05) is 20.1 Å². The highest BCUT2D eigenvalue weighted by Gasteiger charge is 2.17. The molecular weight excluding hydrogens is 341 g/mol. The first kappa shape index (κ1) is 22.9. The van der Waals surface area contributed by atoms with Gasteiger partial charge in [0, 0.05) is 6.54 Å². The average Bonchev–Trinajstić information content (AvgIpc) is 2.66. The van der Waals surface area contributed by atoms with Gasteiger partial charge < -0.3 is 20.7 Å². The van der Waals surface area contributed by atoms with Gasteiger partial charge in [0.2, 0.25) is 11.8 Å². The highest BCUT2D eigenvalue weighted by Crippen LogP contribution is 2.05. The van der Waals surface area contributed by atoms with Crippen molar-refractivity contribution in [3.8, 4) is 0 Å². The van der Waals surface area contributed by atoms with Crippen LogP contribution in [0.4, 0.5) is 0 Å². The summed E-state index contributed by atoms with van der Waals surface area (Å²) in [5.74, 6) is -0.377. The van der Waals surface area contributed by atoms with Gasteiger partial charge in [0.15, 0.2) is 7.85 Å². The summed E-state index contributed by atoms with van der Waals surface area (Å²) in [6.45, 7) is 0.564. The molecule has 1 unspecified atom stereocenters. The van der Waals surface area contributed by atoms with Crippen LogP contribution in [0.15, 0.2) is 30.3 Å². The zero-order chi connectivity index (χ0) is 19.9. The van der Waals surface area contributed by atoms with Crippen LogP contribution in [0, 0.1) is 0 Å². The number of carbonyl (C=O) groups excluding carboxylic acids is 3. The highest BCUT2D eigenvalue weighted by molar-refractivity contribution is 6.57. The Morgan fingerprint density at radius 1 is 0.963 bits per heavy atom. The van der Waals surface area contributed by atoms with Crippen LogP contribution in [0.5, 0.6) is 0 Å². The number of likely N-dealkylation sites (N-methyl/N-ethyl adjacent to an activating group) is 1. The predicted octanol–water partition coefficient (Wildman–Crippen LogP) is 1.09. The van der Waals surface area contributed by atoms with Gasteiger partial charge in [-0.25, -0.2) is 0 Å². The molecule has 27 heavy (non-hydrogen) atoms. The Balaban J connectivity index is 2.12. The van der Waals surface area contributed by atoms with E-state index in [1.165, 1.54) is 0 Å². The first-order valence-corrected chi connectivity index (χ1v) is 9.57. The van der Waals surface area contributed by atoms with Gasteiger partial charge in [0.1, 0.15) is 0 Å². The maximum atomic E-state index is 12.2. The molecule has 0 fully saturated rings. The Hall–Kier alpha value is -2.15. The molecule has 0 aromatic heterocycles. The molecule has 1 atom stereocenters. The molecule has 0 saturated heterocycles. The molecule has 0 aliphatic rings. The van der Waals surface area contributed by atoms with Gasteiger partial charge in [0.05, 0.1) is 18.3 Å². The van der Waals surface area contributed by atoms with Crippen molar-refractivity contribution >= 4 is 25.3 Å². The van der Waals surface area contributed by atoms with Gasteiger partial charge >= 0.3 is 0 Å². The minimum Gasteiger partial charge on any atom is -0.355 e. The second-order valence-electron chi connectivity index (χ2n) is 6.58. The Labute approximate surface area is 163 Å². The lowest BCUT2D eigenvalue weighted by molar-refractivity contribution is -0.127. The summed E-state index contributed by atoms with van der Waals surface area (Å²) < 4.78 is 0. The lowest BCUT2D eigenvalue weighted by Crippen LogP contribution is -2.47. The highest BCUT2D eigenvalue weighted by atomic mass is 16.2. The minimum absolute atomic E-state index is 0.0234. The van der Waals surface area contributed by atoms with E-state index in [9.17, 15) is 14.4 Å². The van der Waals surface area contributed by atoms with E-state index >= 15 is 0 Å². The molecule has 0 saturated carbocycles. The van der Waals surface area contributed by atoms with Crippen LogP contribution in [-0.2, 0) is 20.8 Å². The van der Waals surface area contributed by atoms with Crippen LogP contribution >= 0.6 is 0 Å². The SMILES string of the molecule is [B]C(=O)CCCCCCCNC(=O)CNC(=O)C(Cc1ccccc1)NC. The van der Waals surface area contributed by atoms with Gasteiger partial charge in [-0.1, -0.05) is 49.6 Å². The van der Waals surface area contributed by atoms with Crippen molar-refractivity contribution in [2.24, 2.45) is 0 Å². The molecular formula is C20H30BN3O3. The van der Waals surface area contributed by atoms with Crippen molar-refractivity contribution < 1.29 is 14.4 Å². The molecule has 0 heterocycles. The molecule has 1 rings (SSSR count). The second kappa shape index (κ2) is 14.0. The van der Waals surface area contributed by atoms with E-state index in [0.29, 0.717) is 19.4 Å². The van der Waals surface area contributed by atoms with Crippen LogP contribution in [0.25, 0.3) is 0 Å². The summed E-state index contributed by atoms with van der Waals surface area (Å²) in [5, 5.41) is 8.47. The molecule has 1 aromatic rings. The van der Waals surface area contributed by atoms with E-state index in [0.717, 1.165) is 37.7 Å². The van der Waals surface area contributed by atoms with Crippen molar-refractivity contribution in [3.63, 3.8) is 0 Å². The van der Waals surface area contributed by atoms with E-state index in [2.05, 4.69) is 16.0 Å². The van der Waals surface area contributed by atoms with E-state index < -0.39 is 0 Å². The third kappa shape index (κ3) is 11.2. The van der Waals surface area contributed by atoms with Crippen LogP contribution in [-0.4, -0.2) is 51.5 Å². The average molecular weight is 371 g/mol. The Morgan fingerprint density at radius 2 is 1.63 bits per heavy atom. The fraction of sp³-hybridized carbons (Fsp3) is 0.550. The number of unbranched alkanes of at least 4 members (excludes halogenated alkanes) is 4. The molecule has 0 spiro atoms. The van der Waals surface area contributed by atoms with Gasteiger partial charge in [-0.2, -0.15) is 0 Å². The van der Waals surface area contributed by atoms with Gasteiger partial charge in [-0.3, -0.25) is 9.59 Å². The quantitative estimate of drug-likeness (QED) is 0.337. The first-order chi connectivity index (χ1) is 13.0. The molecule has 146 valence electrons. The maximum Gasteiger partial charge on any atom is 0.239 e. The standard InChI is InChI=1S/C20H30BN3O3/c1-22-17(14-16-10-6-5-7-11-16)20(27)24-15-19(26)23-13-9-4-2-3-8-12-18(21)25/h5-7,10-11,17,22H,2-4,8-9,12-15H2,1H3,(H,23,26)(H,24,27). The number of amides is 2. The lowest BCUT2D eigenvalue weighted by atomic mass is 9.96. The van der Waals surface area contributed by atoms with E-state index in [1.807, 2.05) is 30.3 Å². The summed E-state index contributed by atoms with van der Waals surface area (Å²) >= 11 is 0. The van der Waals surface area contributed by atoms with Crippen LogP contribution in [0.2, 0.25) is 0 Å². The second-order valence-corrected chi connectivity index (χ2v) is 6.58. The molecule has 2 amide bonds. The van der Waals surface area contributed by atoms with Crippen LogP contribution in [0.1, 0.15) is 44.1 Å². The van der Waals surface area contributed by atoms with Gasteiger partial charge in [-0.15, -0.1) is 0 Å². The molecule has 3 N–H and O–H groups in total. The van der Waals surface area contributed by atoms with Crippen LogP contribution in [0.3, 0.4) is 0 Å². The number of rotatable bonds is 14. The number of nitrogens with one attached hydrogen (secondary N) is 3. The van der Waals surface area contributed by atoms with Crippen LogP contribution < -0.4 is 16.0 Å². The van der Waals surface area contributed by atoms with Crippen molar-refractivity contribution in [1.29, 1.82) is 0 Å². The fourth-order valence-corrected chi connectivity index (χ4v) is 2.71. The molecule has 7 heteroatoms. The summed E-state index contributed by atoms with van der Waals surface area (Å²) in [7, 11) is 6.82. The number of hydrogen-bond acceptors (Lipinski definition) is 4. The van der Waals surface area contributed by atoms with Crippen molar-refractivity contribution in [1.82, 2.24) is 16.0 Å². The topological polar surface area (TPSA) is 87.3 Å². The maximum absolute atomic E-state index is 12.2. The number of carbonyl (C=O) groups is 3. The normalized spacial score (nSPS) is 11.6. The van der Waals surface area contributed by atoms with E-state index in [-0.39, 0.29) is 30.1 Å². The Kier molecular flexibility index (Phi) is 11.9. The summed E-state index contributed by atoms with van der Waals surface area (Å²) in [6, 6.07) is 9.37. The molecule has 6 nitrogen and oxygen atoms in total. The first-order valence-electron chi connectivity index (χ1n) is 9.57. The molecule has 0 aliphatic carbocycles. The molecule has 0 aliphatic heterocycles. The fourth-order valence-electron chi connectivity index (χ4n) is 2.71. The van der Waals surface area contributed by atoms with Crippen molar-refractivity contribution in [2.45, 2.75) is 51.0 Å². The molecule has 1 aromatic carbocycles. The number of hydrogen-bond donors (Lipinski definition) is 3. The molecule has 0 bridgehead atoms. The monoisotopic (exact) mass is 371 g/mol. The summed E-state index contributed by atoms with van der Waals surface area (Å²) in [6.07, 6.45) is 5.69. The third-order valence-corrected chi connectivity index (χ3v) is 4.29. The lowest BCUT2D eigenvalue weighted by Gasteiger charge is -2.16. The van der Waals surface area contributed by atoms with Gasteiger partial charge in [0.25, 0.3) is 0 Å². The largest absolute Gasteiger partial charge is 0.355 e. The number of benzene rings is 1. The Morgan fingerprint density at radius 3 is 2.30 bits per heavy atom. The zero-order valence-corrected chi connectivity index (χ0v) is 16.1. The van der Waals surface area contributed by atoms with E-state index in [4.69, 9.17) is 7.85 Å². The van der Waals surface area contributed by atoms with E-state index in [1.54, 1.807) is 7.05 Å². The summed E-state index contributed by atoms with van der Waals surface area (Å²) in [4.78, 5) is 34.7. The smallest absolute Gasteiger partial charge is 0.239 e. The Bertz CT molecular complexity index is 581. The molecule has 2 radical (unpaired) electrons. The van der Waals surface area contributed by atoms with Crippen molar-refractivity contribution in [3.05, 3.63) is 35.9 Å². The zero-order valence-electron chi connectivity index (χ0n) is 16.1. The minimum atomic E-state index is -0.374. The third-order valence-electron chi connectivity index (χ3n) is 4.29. The predicted molar refractivity (Wildman–Crippen MR) is 107 cm³/mol. The van der Waals surface area contributed by atoms with Gasteiger partial charge in [-0.05, 0) is 38.3 Å².